The molecule has 2 heterocycles. The van der Waals surface area contributed by atoms with Crippen LogP contribution in [0.25, 0.3) is 0 Å². The maximum atomic E-state index is 14.1. The average molecular weight is 571 g/mol. The Hall–Kier alpha value is -4.43. The number of ether oxygens (including phenoxy) is 4. The number of nitrogens with zero attached hydrogens (tertiary/aromatic N) is 1. The minimum Gasteiger partial charge on any atom is -0.493 e. The average Bonchev–Trinajstić information content (AvgIpc) is 3.50. The zero-order valence-electron chi connectivity index (χ0n) is 24.6. The van der Waals surface area contributed by atoms with Gasteiger partial charge in [-0.2, -0.15) is 0 Å². The van der Waals surface area contributed by atoms with Gasteiger partial charge in [0.2, 0.25) is 5.91 Å². The Bertz CT molecular complexity index is 1470. The van der Waals surface area contributed by atoms with Crippen LogP contribution >= 0.6 is 0 Å². The molecule has 0 aliphatic carbocycles. The van der Waals surface area contributed by atoms with E-state index in [-0.39, 0.29) is 11.9 Å². The standard InChI is InChI=1S/C34H38N2O6/c1-38-29-15-14-23(19-30(29)39-2)18-28-27-21-32(41-4)31(40-3)20-25(27)12-8-16-36(28)33(24-10-6-5-7-11-24)34(37)35-22-26-13-9-17-42-26/h5-7,9-11,13-15,17,19-21,28,33H,8,12,16,18,22H2,1-4H3,(H,35,37). The molecule has 5 rings (SSSR count). The smallest absolute Gasteiger partial charge is 0.242 e. The molecule has 1 aliphatic rings. The molecular weight excluding hydrogens is 532 g/mol. The van der Waals surface area contributed by atoms with Gasteiger partial charge in [0.15, 0.2) is 23.0 Å². The Kier molecular flexibility index (Phi) is 9.34. The lowest BCUT2D eigenvalue weighted by Gasteiger charge is -2.37. The molecule has 0 bridgehead atoms. The maximum absolute atomic E-state index is 14.1. The number of hydrogen-bond acceptors (Lipinski definition) is 7. The number of carbonyl (C=O) groups excluding carboxylic acids is 1. The maximum Gasteiger partial charge on any atom is 0.242 e. The molecule has 8 nitrogen and oxygen atoms in total. The molecule has 1 aromatic heterocycles. The SMILES string of the molecule is COc1ccc(CC2c3cc(OC)c(OC)cc3CCCN2C(C(=O)NCc2ccco2)c2ccccc2)cc1OC. The van der Waals surface area contributed by atoms with Gasteiger partial charge in [0.05, 0.1) is 41.2 Å². The molecule has 8 heteroatoms. The Morgan fingerprint density at radius 2 is 1.60 bits per heavy atom. The second-order valence-electron chi connectivity index (χ2n) is 10.3. The zero-order valence-corrected chi connectivity index (χ0v) is 24.6. The van der Waals surface area contributed by atoms with Crippen molar-refractivity contribution < 1.29 is 28.2 Å². The molecule has 0 saturated carbocycles. The quantitative estimate of drug-likeness (QED) is 0.240. The van der Waals surface area contributed by atoms with Crippen LogP contribution in [0.2, 0.25) is 0 Å². The van der Waals surface area contributed by atoms with Gasteiger partial charge >= 0.3 is 0 Å². The van der Waals surface area contributed by atoms with Crippen LogP contribution in [0.5, 0.6) is 23.0 Å². The summed E-state index contributed by atoms with van der Waals surface area (Å²) in [5.74, 6) is 3.32. The number of methoxy groups -OCH3 is 4. The predicted molar refractivity (Wildman–Crippen MR) is 160 cm³/mol. The number of carbonyl (C=O) groups is 1. The van der Waals surface area contributed by atoms with Gasteiger partial charge in [0.25, 0.3) is 0 Å². The fourth-order valence-corrected chi connectivity index (χ4v) is 5.83. The molecule has 0 spiro atoms. The molecule has 1 N–H and O–H groups in total. The van der Waals surface area contributed by atoms with Gasteiger partial charge in [0, 0.05) is 12.6 Å². The first-order chi connectivity index (χ1) is 20.6. The van der Waals surface area contributed by atoms with E-state index in [0.29, 0.717) is 48.3 Å². The minimum atomic E-state index is -0.537. The van der Waals surface area contributed by atoms with E-state index in [2.05, 4.69) is 28.4 Å². The van der Waals surface area contributed by atoms with Crippen LogP contribution in [0.15, 0.2) is 83.5 Å². The fraction of sp³-hybridized carbons (Fsp3) is 0.324. The van der Waals surface area contributed by atoms with E-state index >= 15 is 0 Å². The van der Waals surface area contributed by atoms with Crippen LogP contribution < -0.4 is 24.3 Å². The highest BCUT2D eigenvalue weighted by atomic mass is 16.5. The van der Waals surface area contributed by atoms with Gasteiger partial charge in [-0.05, 0) is 77.9 Å². The second-order valence-corrected chi connectivity index (χ2v) is 10.3. The molecule has 3 aromatic carbocycles. The van der Waals surface area contributed by atoms with E-state index in [1.165, 1.54) is 5.56 Å². The fourth-order valence-electron chi connectivity index (χ4n) is 5.83. The van der Waals surface area contributed by atoms with E-state index in [9.17, 15) is 4.79 Å². The third-order valence-corrected chi connectivity index (χ3v) is 7.86. The van der Waals surface area contributed by atoms with Crippen LogP contribution in [0.1, 0.15) is 46.5 Å². The number of fused-ring (bicyclic) bond motifs is 1. The molecule has 1 aliphatic heterocycles. The Morgan fingerprint density at radius 1 is 0.881 bits per heavy atom. The molecule has 0 fully saturated rings. The number of aryl methyl sites for hydroxylation is 1. The number of nitrogens with one attached hydrogen (secondary N) is 1. The van der Waals surface area contributed by atoms with E-state index < -0.39 is 6.04 Å². The summed E-state index contributed by atoms with van der Waals surface area (Å²) in [5.41, 5.74) is 4.28. The van der Waals surface area contributed by atoms with Gasteiger partial charge < -0.3 is 28.7 Å². The van der Waals surface area contributed by atoms with Crippen molar-refractivity contribution in [2.45, 2.75) is 37.9 Å². The minimum absolute atomic E-state index is 0.0844. The summed E-state index contributed by atoms with van der Waals surface area (Å²) >= 11 is 0. The van der Waals surface area contributed by atoms with Crippen LogP contribution in [0.3, 0.4) is 0 Å². The summed E-state index contributed by atoms with van der Waals surface area (Å²) in [6, 6.07) is 23.1. The van der Waals surface area contributed by atoms with Crippen LogP contribution in [0.4, 0.5) is 0 Å². The van der Waals surface area contributed by atoms with E-state index in [1.807, 2.05) is 54.6 Å². The summed E-state index contributed by atoms with van der Waals surface area (Å²) < 4.78 is 28.0. The van der Waals surface area contributed by atoms with Gasteiger partial charge in [-0.25, -0.2) is 0 Å². The van der Waals surface area contributed by atoms with Crippen molar-refractivity contribution >= 4 is 5.91 Å². The number of furan rings is 1. The molecular formula is C34H38N2O6. The molecule has 42 heavy (non-hydrogen) atoms. The lowest BCUT2D eigenvalue weighted by Crippen LogP contribution is -2.43. The number of benzene rings is 3. The summed E-state index contributed by atoms with van der Waals surface area (Å²) in [6.45, 7) is 1.02. The summed E-state index contributed by atoms with van der Waals surface area (Å²) in [5, 5.41) is 3.13. The predicted octanol–water partition coefficient (Wildman–Crippen LogP) is 5.90. The first-order valence-corrected chi connectivity index (χ1v) is 14.1. The lowest BCUT2D eigenvalue weighted by atomic mass is 9.91. The first kappa shape index (κ1) is 29.1. The van der Waals surface area contributed by atoms with Crippen molar-refractivity contribution in [3.05, 3.63) is 107 Å². The topological polar surface area (TPSA) is 82.4 Å². The summed E-state index contributed by atoms with van der Waals surface area (Å²) in [4.78, 5) is 16.4. The molecule has 2 unspecified atom stereocenters. The number of rotatable bonds is 11. The molecule has 0 saturated heterocycles. The first-order valence-electron chi connectivity index (χ1n) is 14.1. The molecule has 4 aromatic rings. The van der Waals surface area contributed by atoms with E-state index in [4.69, 9.17) is 23.4 Å². The van der Waals surface area contributed by atoms with Crippen molar-refractivity contribution in [3.63, 3.8) is 0 Å². The molecule has 220 valence electrons. The molecule has 0 radical (unpaired) electrons. The van der Waals surface area contributed by atoms with Gasteiger partial charge in [-0.15, -0.1) is 0 Å². The van der Waals surface area contributed by atoms with Crippen LogP contribution in [0, 0.1) is 0 Å². The highest BCUT2D eigenvalue weighted by molar-refractivity contribution is 5.83. The van der Waals surface area contributed by atoms with Crippen LogP contribution in [-0.4, -0.2) is 45.8 Å². The Morgan fingerprint density at radius 3 is 2.29 bits per heavy atom. The monoisotopic (exact) mass is 570 g/mol. The second kappa shape index (κ2) is 13.5. The lowest BCUT2D eigenvalue weighted by molar-refractivity contribution is -0.128. The van der Waals surface area contributed by atoms with Crippen molar-refractivity contribution in [1.29, 1.82) is 0 Å². The number of amides is 1. The third kappa shape index (κ3) is 6.24. The Balaban J connectivity index is 1.61. The summed E-state index contributed by atoms with van der Waals surface area (Å²) in [7, 11) is 6.58. The van der Waals surface area contributed by atoms with Crippen molar-refractivity contribution in [1.82, 2.24) is 10.2 Å². The van der Waals surface area contributed by atoms with Gasteiger partial charge in [-0.3, -0.25) is 9.69 Å². The van der Waals surface area contributed by atoms with Crippen molar-refractivity contribution in [2.24, 2.45) is 0 Å². The number of hydrogen-bond donors (Lipinski definition) is 1. The molecule has 2 atom stereocenters. The van der Waals surface area contributed by atoms with Crippen molar-refractivity contribution in [2.75, 3.05) is 35.0 Å². The molecule has 1 amide bonds. The van der Waals surface area contributed by atoms with E-state index in [0.717, 1.165) is 29.5 Å². The van der Waals surface area contributed by atoms with Gasteiger partial charge in [0.1, 0.15) is 11.8 Å². The normalized spacial score (nSPS) is 15.7. The van der Waals surface area contributed by atoms with Crippen molar-refractivity contribution in [3.8, 4) is 23.0 Å². The highest BCUT2D eigenvalue weighted by Crippen LogP contribution is 2.43. The Labute approximate surface area is 247 Å². The highest BCUT2D eigenvalue weighted by Gasteiger charge is 2.36. The largest absolute Gasteiger partial charge is 0.493 e. The van der Waals surface area contributed by atoms with Crippen LogP contribution in [-0.2, 0) is 24.2 Å². The third-order valence-electron chi connectivity index (χ3n) is 7.86. The summed E-state index contributed by atoms with van der Waals surface area (Å²) in [6.07, 6.45) is 3.98. The zero-order chi connectivity index (χ0) is 29.5. The van der Waals surface area contributed by atoms with E-state index in [1.54, 1.807) is 34.7 Å². The van der Waals surface area contributed by atoms with Gasteiger partial charge in [-0.1, -0.05) is 36.4 Å².